The Morgan fingerprint density at radius 3 is 2.27 bits per heavy atom. The Morgan fingerprint density at radius 2 is 1.77 bits per heavy atom. The number of nitrogens with zero attached hydrogens (tertiary/aromatic N) is 1. The third kappa shape index (κ3) is 5.33. The maximum atomic E-state index is 12.5. The summed E-state index contributed by atoms with van der Waals surface area (Å²) in [6.45, 7) is 10.2. The van der Waals surface area contributed by atoms with E-state index in [4.69, 9.17) is 0 Å². The summed E-state index contributed by atoms with van der Waals surface area (Å²) in [5.41, 5.74) is 1.54. The van der Waals surface area contributed by atoms with Crippen LogP contribution >= 0.6 is 11.3 Å². The van der Waals surface area contributed by atoms with E-state index in [1.807, 2.05) is 11.4 Å². The highest BCUT2D eigenvalue weighted by molar-refractivity contribution is 7.12. The Kier molecular flexibility index (Phi) is 6.80. The van der Waals surface area contributed by atoms with Gasteiger partial charge < -0.3 is 15.3 Å². The first-order valence-corrected chi connectivity index (χ1v) is 9.63. The molecule has 6 heteroatoms. The van der Waals surface area contributed by atoms with E-state index in [2.05, 4.69) is 37.9 Å². The molecule has 0 spiro atoms. The highest BCUT2D eigenvalue weighted by Crippen LogP contribution is 2.30. The number of benzene rings is 1. The van der Waals surface area contributed by atoms with E-state index in [0.29, 0.717) is 22.4 Å². The highest BCUT2D eigenvalue weighted by Gasteiger charge is 2.18. The number of aromatic carboxylic acids is 1. The fraction of sp³-hybridized carbons (Fsp3) is 0.400. The minimum Gasteiger partial charge on any atom is -0.478 e. The van der Waals surface area contributed by atoms with Gasteiger partial charge in [-0.15, -0.1) is 11.3 Å². The minimum atomic E-state index is -1.01. The summed E-state index contributed by atoms with van der Waals surface area (Å²) in [6.07, 6.45) is 0. The minimum absolute atomic E-state index is 0.157. The Hall–Kier alpha value is -2.34. The van der Waals surface area contributed by atoms with Crippen molar-refractivity contribution < 1.29 is 14.7 Å². The third-order valence-corrected chi connectivity index (χ3v) is 4.62. The van der Waals surface area contributed by atoms with Crippen molar-refractivity contribution in [3.63, 3.8) is 0 Å². The molecule has 5 nitrogen and oxygen atoms in total. The van der Waals surface area contributed by atoms with Crippen molar-refractivity contribution in [3.8, 4) is 0 Å². The molecule has 0 aliphatic carbocycles. The first-order valence-electron chi connectivity index (χ1n) is 8.75. The zero-order valence-electron chi connectivity index (χ0n) is 15.7. The Balaban J connectivity index is 2.42. The van der Waals surface area contributed by atoms with Gasteiger partial charge in [-0.1, -0.05) is 33.8 Å². The smallest absolute Gasteiger partial charge is 0.335 e. The molecule has 0 saturated heterocycles. The van der Waals surface area contributed by atoms with Crippen molar-refractivity contribution in [2.24, 2.45) is 11.8 Å². The molecule has 1 aromatic carbocycles. The summed E-state index contributed by atoms with van der Waals surface area (Å²) in [5.74, 6) is -0.359. The number of amides is 1. The summed E-state index contributed by atoms with van der Waals surface area (Å²) in [4.78, 5) is 26.7. The maximum Gasteiger partial charge on any atom is 0.335 e. The number of carboxylic acids is 1. The number of anilines is 2. The average molecular weight is 375 g/mol. The first kappa shape index (κ1) is 20.0. The third-order valence-electron chi connectivity index (χ3n) is 3.75. The second-order valence-electron chi connectivity index (χ2n) is 7.16. The second-order valence-corrected chi connectivity index (χ2v) is 8.11. The normalized spacial score (nSPS) is 11.0. The van der Waals surface area contributed by atoms with E-state index < -0.39 is 5.97 Å². The van der Waals surface area contributed by atoms with E-state index >= 15 is 0 Å². The quantitative estimate of drug-likeness (QED) is 0.695. The zero-order chi connectivity index (χ0) is 19.3. The van der Waals surface area contributed by atoms with Crippen molar-refractivity contribution in [2.45, 2.75) is 27.7 Å². The molecular weight excluding hydrogens is 348 g/mol. The van der Waals surface area contributed by atoms with Gasteiger partial charge in [0.25, 0.3) is 5.91 Å². The predicted octanol–water partition coefficient (Wildman–Crippen LogP) is 4.82. The summed E-state index contributed by atoms with van der Waals surface area (Å²) in [6, 6.07) is 8.49. The van der Waals surface area contributed by atoms with Crippen molar-refractivity contribution in [2.75, 3.05) is 23.3 Å². The van der Waals surface area contributed by atoms with E-state index in [1.165, 1.54) is 17.4 Å². The molecule has 1 heterocycles. The Labute approximate surface area is 158 Å². The van der Waals surface area contributed by atoms with Crippen LogP contribution in [0.1, 0.15) is 47.7 Å². The number of carbonyl (C=O) groups excluding carboxylic acids is 1. The lowest BCUT2D eigenvalue weighted by Gasteiger charge is -2.30. The molecule has 2 rings (SSSR count). The largest absolute Gasteiger partial charge is 0.478 e. The molecule has 0 fully saturated rings. The molecule has 0 unspecified atom stereocenters. The highest BCUT2D eigenvalue weighted by atomic mass is 32.1. The number of carboxylic acid groups (broad SMARTS) is 1. The first-order chi connectivity index (χ1) is 12.3. The molecule has 0 saturated carbocycles. The van der Waals surface area contributed by atoms with E-state index in [-0.39, 0.29) is 11.5 Å². The van der Waals surface area contributed by atoms with Crippen LogP contribution in [0.4, 0.5) is 11.4 Å². The van der Waals surface area contributed by atoms with Gasteiger partial charge in [-0.05, 0) is 41.5 Å². The molecular formula is C20H26N2O3S. The lowest BCUT2D eigenvalue weighted by Crippen LogP contribution is -2.32. The van der Waals surface area contributed by atoms with Crippen molar-refractivity contribution in [3.05, 3.63) is 46.2 Å². The lowest BCUT2D eigenvalue weighted by molar-refractivity contribution is 0.0696. The van der Waals surface area contributed by atoms with E-state index in [1.54, 1.807) is 18.2 Å². The van der Waals surface area contributed by atoms with Gasteiger partial charge in [-0.2, -0.15) is 0 Å². The average Bonchev–Trinajstić information content (AvgIpc) is 3.07. The zero-order valence-corrected chi connectivity index (χ0v) is 16.5. The molecule has 26 heavy (non-hydrogen) atoms. The molecule has 2 N–H and O–H groups in total. The number of carbonyl (C=O) groups is 2. The van der Waals surface area contributed by atoms with Crippen LogP contribution in [0.15, 0.2) is 35.7 Å². The van der Waals surface area contributed by atoms with Gasteiger partial charge in [0.15, 0.2) is 0 Å². The molecule has 0 atom stereocenters. The monoisotopic (exact) mass is 374 g/mol. The van der Waals surface area contributed by atoms with Gasteiger partial charge in [0.1, 0.15) is 0 Å². The fourth-order valence-corrected chi connectivity index (χ4v) is 3.41. The van der Waals surface area contributed by atoms with Crippen LogP contribution in [0.2, 0.25) is 0 Å². The number of thiophene rings is 1. The number of hydrogen-bond donors (Lipinski definition) is 2. The summed E-state index contributed by atoms with van der Waals surface area (Å²) in [7, 11) is 0. The van der Waals surface area contributed by atoms with Crippen molar-refractivity contribution in [1.29, 1.82) is 0 Å². The molecule has 2 aromatic rings. The Bertz CT molecular complexity index is 744. The summed E-state index contributed by atoms with van der Waals surface area (Å²) < 4.78 is 0. The lowest BCUT2D eigenvalue weighted by atomic mass is 10.1. The van der Waals surface area contributed by atoms with Crippen LogP contribution in [-0.4, -0.2) is 30.1 Å². The number of hydrogen-bond acceptors (Lipinski definition) is 4. The van der Waals surface area contributed by atoms with Crippen LogP contribution in [0.25, 0.3) is 0 Å². The van der Waals surface area contributed by atoms with Gasteiger partial charge in [-0.3, -0.25) is 4.79 Å². The van der Waals surface area contributed by atoms with E-state index in [9.17, 15) is 14.7 Å². The van der Waals surface area contributed by atoms with Crippen molar-refractivity contribution in [1.82, 2.24) is 0 Å². The van der Waals surface area contributed by atoms with E-state index in [0.717, 1.165) is 18.8 Å². The van der Waals surface area contributed by atoms with Crippen LogP contribution in [0.3, 0.4) is 0 Å². The summed E-state index contributed by atoms with van der Waals surface area (Å²) >= 11 is 1.35. The molecule has 0 aliphatic heterocycles. The van der Waals surface area contributed by atoms with Gasteiger partial charge in [-0.25, -0.2) is 4.79 Å². The second kappa shape index (κ2) is 8.85. The number of rotatable bonds is 8. The Morgan fingerprint density at radius 1 is 1.12 bits per heavy atom. The van der Waals surface area contributed by atoms with Crippen LogP contribution in [-0.2, 0) is 0 Å². The van der Waals surface area contributed by atoms with Gasteiger partial charge in [0.05, 0.1) is 21.8 Å². The molecule has 0 radical (unpaired) electrons. The predicted molar refractivity (Wildman–Crippen MR) is 108 cm³/mol. The molecule has 0 bridgehead atoms. The maximum absolute atomic E-state index is 12.5. The van der Waals surface area contributed by atoms with Gasteiger partial charge in [0.2, 0.25) is 0 Å². The molecule has 1 aromatic heterocycles. The number of nitrogens with one attached hydrogen (secondary N) is 1. The molecule has 140 valence electrons. The van der Waals surface area contributed by atoms with Crippen LogP contribution < -0.4 is 10.2 Å². The van der Waals surface area contributed by atoms with Gasteiger partial charge >= 0.3 is 5.97 Å². The van der Waals surface area contributed by atoms with Crippen molar-refractivity contribution >= 4 is 34.6 Å². The summed E-state index contributed by atoms with van der Waals surface area (Å²) in [5, 5.41) is 14.1. The topological polar surface area (TPSA) is 69.6 Å². The van der Waals surface area contributed by atoms with Crippen LogP contribution in [0, 0.1) is 11.8 Å². The molecule has 1 amide bonds. The fourth-order valence-electron chi connectivity index (χ4n) is 2.79. The van der Waals surface area contributed by atoms with Crippen LogP contribution in [0.5, 0.6) is 0 Å². The molecule has 0 aliphatic rings. The standard InChI is InChI=1S/C20H26N2O3S/c1-13(2)11-22(12-14(3)4)17-8-7-15(20(24)25)10-16(17)21-19(23)18-6-5-9-26-18/h5-10,13-14H,11-12H2,1-4H3,(H,21,23)(H,24,25). The van der Waals surface area contributed by atoms with Gasteiger partial charge in [0, 0.05) is 13.1 Å². The SMILES string of the molecule is CC(C)CN(CC(C)C)c1ccc(C(=O)O)cc1NC(=O)c1cccs1.